The molecule has 1 aliphatic heterocycles. The second-order valence-corrected chi connectivity index (χ2v) is 11.7. The largest absolute Gasteiger partial charge is 0.480 e. The maximum absolute atomic E-state index is 13.6. The molecule has 2 fully saturated rings. The molecule has 7 nitrogen and oxygen atoms in total. The van der Waals surface area contributed by atoms with Crippen LogP contribution < -0.4 is 10.6 Å². The average molecular weight is 534 g/mol. The zero-order valence-electron chi connectivity index (χ0n) is 23.0. The van der Waals surface area contributed by atoms with Crippen molar-refractivity contribution in [3.63, 3.8) is 0 Å². The Balaban J connectivity index is 1.07. The quantitative estimate of drug-likeness (QED) is 0.334. The molecular weight excluding hydrogens is 490 g/mol. The lowest BCUT2D eigenvalue weighted by Gasteiger charge is -2.36. The van der Waals surface area contributed by atoms with Crippen LogP contribution in [0.5, 0.6) is 0 Å². The highest BCUT2D eigenvalue weighted by Gasteiger charge is 2.41. The van der Waals surface area contributed by atoms with Gasteiger partial charge in [-0.3, -0.25) is 4.79 Å². The highest BCUT2D eigenvalue weighted by Crippen LogP contribution is 2.39. The minimum Gasteiger partial charge on any atom is -0.480 e. The van der Waals surface area contributed by atoms with Gasteiger partial charge in [0.1, 0.15) is 11.9 Å². The molecule has 2 heterocycles. The Labute approximate surface area is 232 Å². The molecule has 1 aromatic carbocycles. The summed E-state index contributed by atoms with van der Waals surface area (Å²) >= 11 is 0. The number of aliphatic carboxylic acids is 1. The van der Waals surface area contributed by atoms with Gasteiger partial charge in [0.2, 0.25) is 5.91 Å². The Morgan fingerprint density at radius 1 is 1.05 bits per heavy atom. The summed E-state index contributed by atoms with van der Waals surface area (Å²) in [5.74, 6) is 0.527. The Morgan fingerprint density at radius 3 is 2.56 bits per heavy atom. The number of amides is 1. The van der Waals surface area contributed by atoms with Crippen molar-refractivity contribution >= 4 is 17.7 Å². The predicted molar refractivity (Wildman–Crippen MR) is 152 cm³/mol. The molecule has 210 valence electrons. The molecule has 2 aromatic rings. The van der Waals surface area contributed by atoms with E-state index in [0.717, 1.165) is 94.2 Å². The average Bonchev–Trinajstić information content (AvgIpc) is 3.20. The summed E-state index contributed by atoms with van der Waals surface area (Å²) in [7, 11) is 0. The molecule has 3 N–H and O–H groups in total. The van der Waals surface area contributed by atoms with E-state index >= 15 is 0 Å². The molecule has 2 aliphatic carbocycles. The number of rotatable bonds is 11. The molecule has 0 unspecified atom stereocenters. The van der Waals surface area contributed by atoms with Gasteiger partial charge in [-0.15, -0.1) is 0 Å². The lowest BCUT2D eigenvalue weighted by Crippen LogP contribution is -2.51. The number of ether oxygens (including phenoxy) is 1. The first kappa shape index (κ1) is 27.6. The minimum absolute atomic E-state index is 0.155. The van der Waals surface area contributed by atoms with E-state index in [1.54, 1.807) is 0 Å². The van der Waals surface area contributed by atoms with Crippen LogP contribution in [0.1, 0.15) is 87.4 Å². The van der Waals surface area contributed by atoms with Gasteiger partial charge in [-0.1, -0.05) is 62.1 Å². The van der Waals surface area contributed by atoms with E-state index in [9.17, 15) is 14.7 Å². The number of nitrogens with one attached hydrogen (secondary N) is 2. The third-order valence-electron chi connectivity index (χ3n) is 9.03. The third kappa shape index (κ3) is 6.81. The van der Waals surface area contributed by atoms with E-state index < -0.39 is 17.4 Å². The van der Waals surface area contributed by atoms with Gasteiger partial charge < -0.3 is 20.5 Å². The summed E-state index contributed by atoms with van der Waals surface area (Å²) < 4.78 is 6.03. The van der Waals surface area contributed by atoms with Crippen molar-refractivity contribution < 1.29 is 19.4 Å². The fraction of sp³-hybridized carbons (Fsp3) is 0.594. The SMILES string of the molecule is O=C(O)[C@H](CCOC1CC(CCc2ccc3c(n2)NCCC3)C1)NC(=O)C1(c2ccccc2)CCCCCC1. The molecule has 0 spiro atoms. The molecule has 39 heavy (non-hydrogen) atoms. The second-order valence-electron chi connectivity index (χ2n) is 11.7. The highest BCUT2D eigenvalue weighted by atomic mass is 16.5. The normalized spacial score (nSPS) is 22.9. The number of fused-ring (bicyclic) bond motifs is 1. The van der Waals surface area contributed by atoms with Gasteiger partial charge in [0.05, 0.1) is 11.5 Å². The summed E-state index contributed by atoms with van der Waals surface area (Å²) in [5.41, 5.74) is 2.81. The molecule has 0 radical (unpaired) electrons. The van der Waals surface area contributed by atoms with Crippen LogP contribution in [0.2, 0.25) is 0 Å². The highest BCUT2D eigenvalue weighted by molar-refractivity contribution is 5.91. The Morgan fingerprint density at radius 2 is 1.82 bits per heavy atom. The molecule has 7 heteroatoms. The van der Waals surface area contributed by atoms with Gasteiger partial charge in [-0.2, -0.15) is 0 Å². The van der Waals surface area contributed by atoms with Crippen molar-refractivity contribution in [2.24, 2.45) is 5.92 Å². The topological polar surface area (TPSA) is 101 Å². The maximum atomic E-state index is 13.6. The standard InChI is InChI=1S/C32H43N3O4/c36-30(37)28(35-31(38)32(17-6-1-2-7-18-32)25-10-4-3-5-11-25)16-20-39-27-21-23(22-27)12-14-26-15-13-24-9-8-19-33-29(24)34-26/h3-5,10-11,13,15,23,27-28H,1-2,6-9,12,14,16-22H2,(H,33,34)(H,35,38)(H,36,37)/t23?,27?,28-/m0/s1. The van der Waals surface area contributed by atoms with Gasteiger partial charge in [0.15, 0.2) is 0 Å². The molecule has 3 aliphatic rings. The molecule has 5 rings (SSSR count). The lowest BCUT2D eigenvalue weighted by atomic mass is 9.73. The number of hydrogen-bond acceptors (Lipinski definition) is 5. The number of anilines is 1. The van der Waals surface area contributed by atoms with Gasteiger partial charge in [-0.25, -0.2) is 9.78 Å². The monoisotopic (exact) mass is 533 g/mol. The zero-order valence-corrected chi connectivity index (χ0v) is 23.0. The number of carboxylic acids is 1. The van der Waals surface area contributed by atoms with Crippen LogP contribution in [0.3, 0.4) is 0 Å². The van der Waals surface area contributed by atoms with Gasteiger partial charge in [0.25, 0.3) is 0 Å². The summed E-state index contributed by atoms with van der Waals surface area (Å²) in [5, 5.41) is 16.2. The first-order chi connectivity index (χ1) is 19.0. The fourth-order valence-corrected chi connectivity index (χ4v) is 6.55. The second kappa shape index (κ2) is 12.9. The number of carbonyl (C=O) groups is 2. The smallest absolute Gasteiger partial charge is 0.326 e. The number of hydrogen-bond donors (Lipinski definition) is 3. The molecular formula is C32H43N3O4. The van der Waals surface area contributed by atoms with E-state index in [0.29, 0.717) is 12.5 Å². The van der Waals surface area contributed by atoms with Crippen molar-refractivity contribution in [3.8, 4) is 0 Å². The minimum atomic E-state index is -0.998. The van der Waals surface area contributed by atoms with Gasteiger partial charge in [-0.05, 0) is 74.5 Å². The van der Waals surface area contributed by atoms with Gasteiger partial charge >= 0.3 is 5.97 Å². The third-order valence-corrected chi connectivity index (χ3v) is 9.03. The molecule has 2 saturated carbocycles. The van der Waals surface area contributed by atoms with E-state index in [2.05, 4.69) is 22.8 Å². The Kier molecular flexibility index (Phi) is 9.17. The van der Waals surface area contributed by atoms with E-state index in [-0.39, 0.29) is 18.4 Å². The number of benzene rings is 1. The summed E-state index contributed by atoms with van der Waals surface area (Å²) in [6.45, 7) is 1.34. The number of nitrogens with zero attached hydrogens (tertiary/aromatic N) is 1. The number of aromatic nitrogens is 1. The van der Waals surface area contributed by atoms with Crippen LogP contribution >= 0.6 is 0 Å². The summed E-state index contributed by atoms with van der Waals surface area (Å²) in [6.07, 6.45) is 12.5. The molecule has 0 bridgehead atoms. The van der Waals surface area contributed by atoms with Crippen molar-refractivity contribution in [1.29, 1.82) is 0 Å². The van der Waals surface area contributed by atoms with Gasteiger partial charge in [0, 0.05) is 25.3 Å². The molecule has 0 saturated heterocycles. The number of pyridine rings is 1. The Bertz CT molecular complexity index is 1110. The molecule has 1 amide bonds. The van der Waals surface area contributed by atoms with Crippen molar-refractivity contribution in [1.82, 2.24) is 10.3 Å². The Hall–Kier alpha value is -2.93. The number of carbonyl (C=O) groups excluding carboxylic acids is 1. The van der Waals surface area contributed by atoms with Crippen LogP contribution in [-0.4, -0.2) is 47.3 Å². The van der Waals surface area contributed by atoms with Crippen molar-refractivity contribution in [2.45, 2.75) is 101 Å². The van der Waals surface area contributed by atoms with Crippen LogP contribution in [0.4, 0.5) is 5.82 Å². The summed E-state index contributed by atoms with van der Waals surface area (Å²) in [6, 6.07) is 13.3. The maximum Gasteiger partial charge on any atom is 0.326 e. The van der Waals surface area contributed by atoms with E-state index in [4.69, 9.17) is 9.72 Å². The van der Waals surface area contributed by atoms with E-state index in [1.165, 1.54) is 12.0 Å². The van der Waals surface area contributed by atoms with E-state index in [1.807, 2.05) is 30.3 Å². The zero-order chi connectivity index (χ0) is 27.1. The van der Waals surface area contributed by atoms with Crippen LogP contribution in [0.25, 0.3) is 0 Å². The van der Waals surface area contributed by atoms with Crippen molar-refractivity contribution in [2.75, 3.05) is 18.5 Å². The fourth-order valence-electron chi connectivity index (χ4n) is 6.55. The van der Waals surface area contributed by atoms with Crippen LogP contribution in [-0.2, 0) is 32.6 Å². The first-order valence-corrected chi connectivity index (χ1v) is 15.0. The van der Waals surface area contributed by atoms with Crippen LogP contribution in [0.15, 0.2) is 42.5 Å². The first-order valence-electron chi connectivity index (χ1n) is 15.0. The number of aryl methyl sites for hydroxylation is 2. The van der Waals surface area contributed by atoms with Crippen LogP contribution in [0, 0.1) is 5.92 Å². The lowest BCUT2D eigenvalue weighted by molar-refractivity contribution is -0.144. The molecule has 1 aromatic heterocycles. The summed E-state index contributed by atoms with van der Waals surface area (Å²) in [4.78, 5) is 30.5. The molecule has 1 atom stereocenters. The van der Waals surface area contributed by atoms with Crippen molar-refractivity contribution in [3.05, 3.63) is 59.3 Å². The number of carboxylic acid groups (broad SMARTS) is 1. The predicted octanol–water partition coefficient (Wildman–Crippen LogP) is 5.42.